The molecule has 0 aliphatic carbocycles. The molecule has 1 heterocycles. The fourth-order valence-corrected chi connectivity index (χ4v) is 3.51. The second-order valence-electron chi connectivity index (χ2n) is 4.96. The molecule has 126 valence electrons. The summed E-state index contributed by atoms with van der Waals surface area (Å²) in [5.41, 5.74) is 1.68. The number of hydrogen-bond donors (Lipinski definition) is 2. The van der Waals surface area contributed by atoms with E-state index in [-0.39, 0.29) is 11.0 Å². The minimum absolute atomic E-state index is 0.177. The highest BCUT2D eigenvalue weighted by Gasteiger charge is 2.07. The smallest absolute Gasteiger partial charge is 0.250 e. The van der Waals surface area contributed by atoms with E-state index in [1.165, 1.54) is 17.4 Å². The van der Waals surface area contributed by atoms with E-state index in [0.29, 0.717) is 15.2 Å². The molecule has 4 nitrogen and oxygen atoms in total. The molecule has 2 aromatic carbocycles. The first-order valence-corrected chi connectivity index (χ1v) is 9.09. The molecule has 0 bridgehead atoms. The van der Waals surface area contributed by atoms with Crippen molar-refractivity contribution in [1.29, 1.82) is 0 Å². The zero-order chi connectivity index (χ0) is 17.8. The van der Waals surface area contributed by atoms with Gasteiger partial charge in [-0.3, -0.25) is 10.1 Å². The van der Waals surface area contributed by atoms with Gasteiger partial charge in [0.25, 0.3) is 0 Å². The molecule has 0 saturated carbocycles. The molecule has 2 N–H and O–H groups in total. The molecule has 0 atom stereocenters. The Hall–Kier alpha value is -1.99. The predicted octanol–water partition coefficient (Wildman–Crippen LogP) is 5.13. The van der Waals surface area contributed by atoms with Gasteiger partial charge in [-0.15, -0.1) is 0 Å². The third kappa shape index (κ3) is 4.99. The van der Waals surface area contributed by atoms with Gasteiger partial charge in [0.1, 0.15) is 0 Å². The molecule has 0 aliphatic heterocycles. The van der Waals surface area contributed by atoms with Gasteiger partial charge in [0.2, 0.25) is 5.91 Å². The van der Waals surface area contributed by atoms with Gasteiger partial charge >= 0.3 is 0 Å². The highest BCUT2D eigenvalue weighted by atomic mass is 35.5. The Kier molecular flexibility index (Phi) is 5.65. The maximum Gasteiger partial charge on any atom is 0.250 e. The quantitative estimate of drug-likeness (QED) is 0.466. The van der Waals surface area contributed by atoms with Gasteiger partial charge in [-0.05, 0) is 54.2 Å². The van der Waals surface area contributed by atoms with Crippen LogP contribution in [0.4, 0.5) is 5.13 Å². The molecule has 0 aliphatic rings. The molecular weight excluding hydrogens is 397 g/mol. The number of nitrogens with one attached hydrogen (secondary N) is 2. The Morgan fingerprint density at radius 2 is 1.84 bits per heavy atom. The lowest BCUT2D eigenvalue weighted by atomic mass is 10.2. The molecule has 0 fully saturated rings. The van der Waals surface area contributed by atoms with Crippen molar-refractivity contribution >= 4 is 79.2 Å². The maximum atomic E-state index is 11.9. The summed E-state index contributed by atoms with van der Waals surface area (Å²) >= 11 is 18.3. The molecule has 0 radical (unpaired) electrons. The minimum atomic E-state index is -0.336. The third-order valence-electron chi connectivity index (χ3n) is 3.10. The van der Waals surface area contributed by atoms with Crippen molar-refractivity contribution in [1.82, 2.24) is 10.3 Å². The molecule has 0 unspecified atom stereocenters. The van der Waals surface area contributed by atoms with Gasteiger partial charge in [-0.1, -0.05) is 46.7 Å². The predicted molar refractivity (Wildman–Crippen MR) is 109 cm³/mol. The summed E-state index contributed by atoms with van der Waals surface area (Å²) < 4.78 is 0.937. The summed E-state index contributed by atoms with van der Waals surface area (Å²) in [6.07, 6.45) is 3.07. The van der Waals surface area contributed by atoms with Gasteiger partial charge < -0.3 is 5.32 Å². The SMILES string of the molecule is O=C(/C=C/c1ccc(Cl)cc1)NC(=S)Nc1nc2ccc(Cl)cc2s1. The molecule has 0 saturated heterocycles. The Morgan fingerprint density at radius 1 is 1.12 bits per heavy atom. The van der Waals surface area contributed by atoms with Crippen LogP contribution in [0, 0.1) is 0 Å². The number of benzene rings is 2. The third-order valence-corrected chi connectivity index (χ3v) is 4.73. The molecule has 3 aromatic rings. The lowest BCUT2D eigenvalue weighted by Crippen LogP contribution is -2.32. The van der Waals surface area contributed by atoms with Crippen LogP contribution in [0.25, 0.3) is 16.3 Å². The normalized spacial score (nSPS) is 11.0. The van der Waals surface area contributed by atoms with Gasteiger partial charge in [0.15, 0.2) is 10.2 Å². The van der Waals surface area contributed by atoms with Crippen LogP contribution >= 0.6 is 46.8 Å². The number of halogens is 2. The van der Waals surface area contributed by atoms with Gasteiger partial charge in [-0.25, -0.2) is 4.98 Å². The van der Waals surface area contributed by atoms with Crippen LogP contribution in [0.15, 0.2) is 48.5 Å². The number of thiocarbonyl (C=S) groups is 1. The van der Waals surface area contributed by atoms with Crippen molar-refractivity contribution in [3.63, 3.8) is 0 Å². The Labute approximate surface area is 163 Å². The van der Waals surface area contributed by atoms with E-state index in [9.17, 15) is 4.79 Å². The Morgan fingerprint density at radius 3 is 2.60 bits per heavy atom. The lowest BCUT2D eigenvalue weighted by Gasteiger charge is -2.04. The van der Waals surface area contributed by atoms with E-state index >= 15 is 0 Å². The number of rotatable bonds is 3. The maximum absolute atomic E-state index is 11.9. The molecule has 1 amide bonds. The standard InChI is InChI=1S/C17H11Cl2N3OS2/c18-11-4-1-10(2-5-11)3-8-15(23)21-16(24)22-17-20-13-7-6-12(19)9-14(13)25-17/h1-9H,(H2,20,21,22,23,24)/b8-3+. The Bertz CT molecular complexity index is 968. The van der Waals surface area contributed by atoms with Crippen LogP contribution in [0.2, 0.25) is 10.0 Å². The van der Waals surface area contributed by atoms with Crippen molar-refractivity contribution < 1.29 is 4.79 Å². The number of fused-ring (bicyclic) bond motifs is 1. The van der Waals surface area contributed by atoms with Gasteiger partial charge in [0.05, 0.1) is 10.2 Å². The number of amides is 1. The molecule has 8 heteroatoms. The monoisotopic (exact) mass is 407 g/mol. The average molecular weight is 408 g/mol. The number of thiazole rings is 1. The van der Waals surface area contributed by atoms with Crippen molar-refractivity contribution in [2.24, 2.45) is 0 Å². The largest absolute Gasteiger partial charge is 0.308 e. The zero-order valence-electron chi connectivity index (χ0n) is 12.6. The van der Waals surface area contributed by atoms with Crippen molar-refractivity contribution in [3.8, 4) is 0 Å². The number of hydrogen-bond acceptors (Lipinski definition) is 4. The van der Waals surface area contributed by atoms with E-state index in [1.807, 2.05) is 24.3 Å². The topological polar surface area (TPSA) is 54.0 Å². The van der Waals surface area contributed by atoms with Crippen LogP contribution in [0.3, 0.4) is 0 Å². The first kappa shape index (κ1) is 17.8. The van der Waals surface area contributed by atoms with Crippen LogP contribution < -0.4 is 10.6 Å². The van der Waals surface area contributed by atoms with Crippen LogP contribution in [-0.2, 0) is 4.79 Å². The minimum Gasteiger partial charge on any atom is -0.308 e. The van der Waals surface area contributed by atoms with Crippen molar-refractivity contribution in [2.75, 3.05) is 5.32 Å². The van der Waals surface area contributed by atoms with Gasteiger partial charge in [-0.2, -0.15) is 0 Å². The highest BCUT2D eigenvalue weighted by molar-refractivity contribution is 7.80. The lowest BCUT2D eigenvalue weighted by molar-refractivity contribution is -0.115. The molecule has 0 spiro atoms. The summed E-state index contributed by atoms with van der Waals surface area (Å²) in [5.74, 6) is -0.336. The summed E-state index contributed by atoms with van der Waals surface area (Å²) in [6.45, 7) is 0. The zero-order valence-corrected chi connectivity index (χ0v) is 15.8. The molecular formula is C17H11Cl2N3OS2. The fourth-order valence-electron chi connectivity index (χ4n) is 1.98. The van der Waals surface area contributed by atoms with E-state index in [4.69, 9.17) is 35.4 Å². The van der Waals surface area contributed by atoms with Gasteiger partial charge in [0, 0.05) is 16.1 Å². The van der Waals surface area contributed by atoms with Crippen LogP contribution in [0.1, 0.15) is 5.56 Å². The summed E-state index contributed by atoms with van der Waals surface area (Å²) in [6, 6.07) is 12.6. The van der Waals surface area contributed by atoms with Crippen molar-refractivity contribution in [2.45, 2.75) is 0 Å². The highest BCUT2D eigenvalue weighted by Crippen LogP contribution is 2.28. The number of nitrogens with zero attached hydrogens (tertiary/aromatic N) is 1. The van der Waals surface area contributed by atoms with E-state index < -0.39 is 0 Å². The first-order chi connectivity index (χ1) is 12.0. The number of anilines is 1. The van der Waals surface area contributed by atoms with E-state index in [1.54, 1.807) is 24.3 Å². The summed E-state index contributed by atoms with van der Waals surface area (Å²) in [4.78, 5) is 16.3. The van der Waals surface area contributed by atoms with Crippen LogP contribution in [0.5, 0.6) is 0 Å². The molecule has 3 rings (SSSR count). The Balaban J connectivity index is 1.59. The number of carbonyl (C=O) groups excluding carboxylic acids is 1. The molecule has 25 heavy (non-hydrogen) atoms. The first-order valence-electron chi connectivity index (χ1n) is 7.11. The number of aromatic nitrogens is 1. The van der Waals surface area contributed by atoms with E-state index in [0.717, 1.165) is 15.8 Å². The van der Waals surface area contributed by atoms with Crippen molar-refractivity contribution in [3.05, 3.63) is 64.1 Å². The fraction of sp³-hybridized carbons (Fsp3) is 0. The average Bonchev–Trinajstić information content (AvgIpc) is 2.95. The number of carbonyl (C=O) groups is 1. The summed E-state index contributed by atoms with van der Waals surface area (Å²) in [7, 11) is 0. The second kappa shape index (κ2) is 7.93. The van der Waals surface area contributed by atoms with E-state index in [2.05, 4.69) is 15.6 Å². The summed E-state index contributed by atoms with van der Waals surface area (Å²) in [5, 5.41) is 7.53. The molecule has 1 aromatic heterocycles. The van der Waals surface area contributed by atoms with Crippen LogP contribution in [-0.4, -0.2) is 16.0 Å². The second-order valence-corrected chi connectivity index (χ2v) is 7.27.